The van der Waals surface area contributed by atoms with E-state index in [0.29, 0.717) is 40.9 Å². The predicted molar refractivity (Wildman–Crippen MR) is 309 cm³/mol. The minimum atomic E-state index is -2.33. The third-order valence-corrected chi connectivity index (χ3v) is 15.7. The van der Waals surface area contributed by atoms with E-state index in [1.165, 1.54) is 50.1 Å². The largest absolute Gasteiger partial charge is 0.457 e. The second kappa shape index (κ2) is 19.0. The maximum Gasteiger partial charge on any atom is 0.221 e. The fraction of sp³-hybridized carbons (Fsp3) is 0.354. The number of imidazole rings is 2. The fourth-order valence-corrected chi connectivity index (χ4v) is 11.7. The van der Waals surface area contributed by atoms with Crippen LogP contribution in [0.25, 0.3) is 76.8 Å². The van der Waals surface area contributed by atoms with E-state index in [0.717, 1.165) is 60.0 Å². The highest BCUT2D eigenvalue weighted by Gasteiger charge is 2.26. The fourth-order valence-electron chi connectivity index (χ4n) is 10.6. The Labute approximate surface area is 441 Å². The van der Waals surface area contributed by atoms with Gasteiger partial charge in [-0.25, -0.2) is 15.0 Å². The molecule has 5 aromatic heterocycles. The summed E-state index contributed by atoms with van der Waals surface area (Å²) in [6, 6.07) is 34.5. The summed E-state index contributed by atoms with van der Waals surface area (Å²) in [5, 5.41) is 0.938. The van der Waals surface area contributed by atoms with Crippen LogP contribution in [0.4, 0.5) is 0 Å². The Morgan fingerprint density at radius 2 is 1.22 bits per heavy atom. The minimum absolute atomic E-state index is 0.256. The van der Waals surface area contributed by atoms with E-state index < -0.39 is 12.3 Å². The van der Waals surface area contributed by atoms with Gasteiger partial charge in [-0.15, -0.1) is 11.3 Å². The van der Waals surface area contributed by atoms with Crippen molar-refractivity contribution in [1.29, 1.82) is 0 Å². The van der Waals surface area contributed by atoms with Gasteiger partial charge in [-0.2, -0.15) is 0 Å². The smallest absolute Gasteiger partial charge is 0.221 e. The lowest BCUT2D eigenvalue weighted by Gasteiger charge is -2.23. The van der Waals surface area contributed by atoms with Gasteiger partial charge in [0.1, 0.15) is 22.3 Å². The van der Waals surface area contributed by atoms with Crippen molar-refractivity contribution in [2.75, 3.05) is 0 Å². The molecule has 0 radical (unpaired) electrons. The van der Waals surface area contributed by atoms with Crippen molar-refractivity contribution in [2.45, 2.75) is 152 Å². The van der Waals surface area contributed by atoms with Gasteiger partial charge >= 0.3 is 0 Å². The van der Waals surface area contributed by atoms with E-state index in [-0.39, 0.29) is 17.4 Å². The SMILES string of the molecule is [2H]C([2H])([2H])c1cnc(-c2cc(Oc3ccc4c(c3)n(-c3ccccn3)c3nc5ccc(-c6c(C(C)C)cc(C(C)C)cc6C(C)C)cc5n43)cc3nc(-c4c(C(C)C)cc(C(C)C)cc4C(C)C)sc23)cc1C(C)(C)C. The summed E-state index contributed by atoms with van der Waals surface area (Å²) in [5.41, 5.74) is 18.2. The molecule has 0 N–H and O–H groups in total. The van der Waals surface area contributed by atoms with Crippen molar-refractivity contribution >= 4 is 49.4 Å². The van der Waals surface area contributed by atoms with Gasteiger partial charge in [0.05, 0.1) is 38.0 Å². The van der Waals surface area contributed by atoms with Crippen molar-refractivity contribution in [1.82, 2.24) is 28.9 Å². The molecule has 0 unspecified atom stereocenters. The second-order valence-corrected chi connectivity index (χ2v) is 24.0. The van der Waals surface area contributed by atoms with Gasteiger partial charge in [0.25, 0.3) is 0 Å². The van der Waals surface area contributed by atoms with Gasteiger partial charge in [0.2, 0.25) is 5.78 Å². The minimum Gasteiger partial charge on any atom is -0.457 e. The molecule has 0 aliphatic carbocycles. The zero-order valence-corrected chi connectivity index (χ0v) is 46.2. The molecule has 0 bridgehead atoms. The Kier molecular flexibility index (Phi) is 12.0. The Hall–Kier alpha value is -6.64. The quantitative estimate of drug-likeness (QED) is 0.122. The first-order chi connectivity index (χ1) is 35.9. The maximum atomic E-state index is 8.46. The summed E-state index contributed by atoms with van der Waals surface area (Å²) in [6.45, 7) is 31.1. The van der Waals surface area contributed by atoms with Crippen LogP contribution in [0, 0.1) is 6.85 Å². The third-order valence-electron chi connectivity index (χ3n) is 14.6. The molecule has 0 aliphatic heterocycles. The normalized spacial score (nSPS) is 13.4. The number of rotatable bonds is 12. The number of nitrogens with zero attached hydrogens (tertiary/aromatic N) is 6. The number of hydrogen-bond acceptors (Lipinski definition) is 6. The summed E-state index contributed by atoms with van der Waals surface area (Å²) in [4.78, 5) is 20.6. The van der Waals surface area contributed by atoms with Crippen molar-refractivity contribution in [3.8, 4) is 50.3 Å². The van der Waals surface area contributed by atoms with Crippen molar-refractivity contribution in [3.05, 3.63) is 154 Å². The molecule has 7 nitrogen and oxygen atoms in total. The zero-order valence-electron chi connectivity index (χ0n) is 48.4. The molecule has 0 saturated carbocycles. The van der Waals surface area contributed by atoms with Gasteiger partial charge in [0, 0.05) is 39.8 Å². The number of ether oxygens (including phenoxy) is 1. The predicted octanol–water partition coefficient (Wildman–Crippen LogP) is 19.0. The topological polar surface area (TPSA) is 70.1 Å². The van der Waals surface area contributed by atoms with Gasteiger partial charge in [-0.1, -0.05) is 140 Å². The highest BCUT2D eigenvalue weighted by atomic mass is 32.1. The lowest BCUT2D eigenvalue weighted by molar-refractivity contribution is 0.484. The maximum absolute atomic E-state index is 8.46. The number of aromatic nitrogens is 6. The number of thiazole rings is 1. The molecule has 10 rings (SSSR count). The summed E-state index contributed by atoms with van der Waals surface area (Å²) in [7, 11) is 0. The van der Waals surface area contributed by atoms with E-state index >= 15 is 0 Å². The van der Waals surface area contributed by atoms with Crippen LogP contribution in [-0.4, -0.2) is 28.9 Å². The van der Waals surface area contributed by atoms with Crippen LogP contribution in [0.1, 0.15) is 188 Å². The number of pyridine rings is 2. The number of aryl methyl sites for hydroxylation is 1. The van der Waals surface area contributed by atoms with Crippen LogP contribution in [0.15, 0.2) is 109 Å². The van der Waals surface area contributed by atoms with Gasteiger partial charge in [-0.05, 0) is 152 Å². The van der Waals surface area contributed by atoms with Gasteiger partial charge < -0.3 is 4.74 Å². The first-order valence-electron chi connectivity index (χ1n) is 27.8. The molecule has 0 amide bonds. The Bertz CT molecular complexity index is 3790. The van der Waals surface area contributed by atoms with E-state index in [4.69, 9.17) is 28.8 Å². The van der Waals surface area contributed by atoms with Crippen LogP contribution in [-0.2, 0) is 5.41 Å². The molecule has 8 heteroatoms. The summed E-state index contributed by atoms with van der Waals surface area (Å²) in [5.74, 6) is 4.71. The summed E-state index contributed by atoms with van der Waals surface area (Å²) >= 11 is 1.66. The highest BCUT2D eigenvalue weighted by molar-refractivity contribution is 7.22. The van der Waals surface area contributed by atoms with Gasteiger partial charge in [-0.3, -0.25) is 14.0 Å². The molecule has 10 aromatic rings. The molecule has 0 fully saturated rings. The van der Waals surface area contributed by atoms with Crippen molar-refractivity contribution < 1.29 is 8.85 Å². The Morgan fingerprint density at radius 3 is 1.79 bits per heavy atom. The molecule has 0 spiro atoms. The lowest BCUT2D eigenvalue weighted by atomic mass is 9.82. The average molecular weight is 988 g/mol. The van der Waals surface area contributed by atoms with Gasteiger partial charge in [0.15, 0.2) is 0 Å². The summed E-state index contributed by atoms with van der Waals surface area (Å²) < 4.78 is 37.7. The monoisotopic (exact) mass is 988 g/mol. The van der Waals surface area contributed by atoms with Crippen molar-refractivity contribution in [3.63, 3.8) is 0 Å². The molecule has 73 heavy (non-hydrogen) atoms. The number of benzene rings is 5. The van der Waals surface area contributed by atoms with Crippen LogP contribution in [0.3, 0.4) is 0 Å². The second-order valence-electron chi connectivity index (χ2n) is 23.0. The van der Waals surface area contributed by atoms with Crippen LogP contribution >= 0.6 is 11.3 Å². The first kappa shape index (κ1) is 46.2. The average Bonchev–Trinajstić information content (AvgIpc) is 4.24. The van der Waals surface area contributed by atoms with Crippen LogP contribution < -0.4 is 4.74 Å². The van der Waals surface area contributed by atoms with Crippen LogP contribution in [0.5, 0.6) is 11.5 Å². The molecule has 0 saturated heterocycles. The highest BCUT2D eigenvalue weighted by Crippen LogP contribution is 2.47. The first-order valence-corrected chi connectivity index (χ1v) is 27.1. The molecular weight excluding hydrogens is 913 g/mol. The molecular formula is C65H72N6OS. The van der Waals surface area contributed by atoms with E-state index in [1.807, 2.05) is 48.7 Å². The Balaban J connectivity index is 1.18. The molecule has 0 atom stereocenters. The lowest BCUT2D eigenvalue weighted by Crippen LogP contribution is -2.13. The number of hydrogen-bond donors (Lipinski definition) is 0. The molecule has 5 heterocycles. The standard InChI is InChI=1S/C65H72N6OS/c1-35(2)43-25-47(37(5)6)60(48(26-43)38(7)8)42-20-22-53-57(29-42)70-56-23-21-45(32-58(56)71(64(70)69-53)59-19-17-18-24-66-59)72-46-30-51(54-33-52(65(14,15)16)41(13)34-67-54)62-55(31-46)68-63(73-62)61-49(39(9)10)27-44(36(3)4)28-50(61)40(11)12/h17-40H,1-16H3/i13D3. The van der Waals surface area contributed by atoms with Crippen molar-refractivity contribution in [2.24, 2.45) is 0 Å². The molecule has 374 valence electrons. The Morgan fingerprint density at radius 1 is 0.575 bits per heavy atom. The molecule has 0 aliphatic rings. The van der Waals surface area contributed by atoms with Crippen LogP contribution in [0.2, 0.25) is 0 Å². The van der Waals surface area contributed by atoms with E-state index in [9.17, 15) is 0 Å². The zero-order chi connectivity index (χ0) is 54.4. The van der Waals surface area contributed by atoms with E-state index in [2.05, 4.69) is 167 Å². The molecule has 5 aromatic carbocycles. The number of fused-ring (bicyclic) bond motifs is 6. The van der Waals surface area contributed by atoms with E-state index in [1.54, 1.807) is 17.5 Å². The third kappa shape index (κ3) is 9.04. The summed E-state index contributed by atoms with van der Waals surface area (Å²) in [6.07, 6.45) is 3.36.